The number of fused-ring (bicyclic) bond motifs is 2. The molecule has 5 nitrogen and oxygen atoms in total. The Balaban J connectivity index is 1.41. The molecule has 1 saturated carbocycles. The maximum atomic E-state index is 13.1. The van der Waals surface area contributed by atoms with Gasteiger partial charge in [-0.3, -0.25) is 9.59 Å². The van der Waals surface area contributed by atoms with E-state index < -0.39 is 0 Å². The molecular formula is C20H20FN3O2. The summed E-state index contributed by atoms with van der Waals surface area (Å²) in [5.41, 5.74) is 0.874. The van der Waals surface area contributed by atoms with Crippen molar-refractivity contribution in [3.05, 3.63) is 64.7 Å². The Morgan fingerprint density at radius 3 is 2.65 bits per heavy atom. The minimum Gasteiger partial charge on any atom is -0.354 e. The number of carbonyl (C=O) groups is 1. The minimum atomic E-state index is -0.339. The zero-order valence-corrected chi connectivity index (χ0v) is 14.3. The molecule has 1 heterocycles. The summed E-state index contributed by atoms with van der Waals surface area (Å²) in [6, 6.07) is 8.81. The molecular weight excluding hydrogens is 333 g/mol. The molecule has 2 aliphatic rings. The van der Waals surface area contributed by atoms with E-state index in [-0.39, 0.29) is 23.8 Å². The van der Waals surface area contributed by atoms with Crippen molar-refractivity contribution in [1.29, 1.82) is 0 Å². The molecule has 26 heavy (non-hydrogen) atoms. The number of carbonyl (C=O) groups excluding carboxylic acids is 1. The molecule has 0 aliphatic heterocycles. The molecule has 0 spiro atoms. The molecule has 1 aromatic heterocycles. The topological polar surface area (TPSA) is 64.0 Å². The van der Waals surface area contributed by atoms with Crippen molar-refractivity contribution in [1.82, 2.24) is 15.1 Å². The zero-order chi connectivity index (χ0) is 18.1. The molecule has 2 bridgehead atoms. The fraction of sp³-hybridized carbons (Fsp3) is 0.350. The van der Waals surface area contributed by atoms with Gasteiger partial charge in [-0.05, 0) is 60.9 Å². The Hall–Kier alpha value is -2.76. The van der Waals surface area contributed by atoms with E-state index in [9.17, 15) is 14.0 Å². The van der Waals surface area contributed by atoms with Gasteiger partial charge in [-0.1, -0.05) is 12.2 Å². The lowest BCUT2D eigenvalue weighted by atomic mass is 9.94. The first-order chi connectivity index (χ1) is 12.6. The van der Waals surface area contributed by atoms with Crippen molar-refractivity contribution in [3.8, 4) is 11.3 Å². The van der Waals surface area contributed by atoms with Crippen molar-refractivity contribution < 1.29 is 9.18 Å². The molecule has 2 aromatic rings. The maximum absolute atomic E-state index is 13.1. The number of halogens is 1. The number of rotatable bonds is 5. The highest BCUT2D eigenvalue weighted by Gasteiger charge is 2.35. The van der Waals surface area contributed by atoms with Gasteiger partial charge in [0.1, 0.15) is 12.4 Å². The molecule has 134 valence electrons. The van der Waals surface area contributed by atoms with Crippen molar-refractivity contribution in [2.24, 2.45) is 17.8 Å². The molecule has 1 aromatic carbocycles. The quantitative estimate of drug-likeness (QED) is 0.840. The second kappa shape index (κ2) is 6.86. The number of benzene rings is 1. The Kier molecular flexibility index (Phi) is 4.41. The molecule has 0 saturated heterocycles. The third-order valence-electron chi connectivity index (χ3n) is 5.28. The fourth-order valence-corrected chi connectivity index (χ4v) is 3.90. The van der Waals surface area contributed by atoms with Crippen molar-refractivity contribution >= 4 is 5.91 Å². The van der Waals surface area contributed by atoms with Gasteiger partial charge in [0.2, 0.25) is 5.91 Å². The van der Waals surface area contributed by atoms with Crippen molar-refractivity contribution in [2.75, 3.05) is 6.54 Å². The Morgan fingerprint density at radius 1 is 1.15 bits per heavy atom. The van der Waals surface area contributed by atoms with Crippen LogP contribution in [0.4, 0.5) is 4.39 Å². The molecule has 2 aliphatic carbocycles. The molecule has 3 atom stereocenters. The zero-order valence-electron chi connectivity index (χ0n) is 14.3. The summed E-state index contributed by atoms with van der Waals surface area (Å²) in [7, 11) is 0. The summed E-state index contributed by atoms with van der Waals surface area (Å²) < 4.78 is 14.2. The van der Waals surface area contributed by atoms with Gasteiger partial charge < -0.3 is 5.32 Å². The number of amides is 1. The molecule has 1 N–H and O–H groups in total. The van der Waals surface area contributed by atoms with Crippen LogP contribution in [0.25, 0.3) is 11.3 Å². The lowest BCUT2D eigenvalue weighted by Crippen LogP contribution is -2.36. The monoisotopic (exact) mass is 353 g/mol. The van der Waals surface area contributed by atoms with Gasteiger partial charge in [0, 0.05) is 18.2 Å². The van der Waals surface area contributed by atoms with E-state index in [1.165, 1.54) is 24.6 Å². The highest BCUT2D eigenvalue weighted by Crippen LogP contribution is 2.42. The smallest absolute Gasteiger partial charge is 0.267 e. The molecule has 1 amide bonds. The van der Waals surface area contributed by atoms with Crippen LogP contribution in [0.1, 0.15) is 12.8 Å². The predicted molar refractivity (Wildman–Crippen MR) is 95.7 cm³/mol. The lowest BCUT2D eigenvalue weighted by molar-refractivity contribution is -0.122. The van der Waals surface area contributed by atoms with Gasteiger partial charge in [-0.25, -0.2) is 9.07 Å². The van der Waals surface area contributed by atoms with Crippen molar-refractivity contribution in [2.45, 2.75) is 19.4 Å². The first kappa shape index (κ1) is 16.7. The second-order valence-electron chi connectivity index (χ2n) is 7.07. The molecule has 4 rings (SSSR count). The minimum absolute atomic E-state index is 0.121. The van der Waals surface area contributed by atoms with Gasteiger partial charge in [0.05, 0.1) is 5.69 Å². The second-order valence-corrected chi connectivity index (χ2v) is 7.07. The number of aromatic nitrogens is 2. The van der Waals surface area contributed by atoms with E-state index >= 15 is 0 Å². The summed E-state index contributed by atoms with van der Waals surface area (Å²) >= 11 is 0. The van der Waals surface area contributed by atoms with Gasteiger partial charge in [-0.15, -0.1) is 0 Å². The summed E-state index contributed by atoms with van der Waals surface area (Å²) in [6.45, 7) is 0.515. The van der Waals surface area contributed by atoms with Crippen LogP contribution < -0.4 is 10.9 Å². The van der Waals surface area contributed by atoms with Crippen LogP contribution in [0.3, 0.4) is 0 Å². The van der Waals surface area contributed by atoms with Gasteiger partial charge in [-0.2, -0.15) is 5.10 Å². The van der Waals surface area contributed by atoms with Crippen LogP contribution >= 0.6 is 0 Å². The van der Waals surface area contributed by atoms with Gasteiger partial charge >= 0.3 is 0 Å². The van der Waals surface area contributed by atoms with E-state index in [0.29, 0.717) is 35.6 Å². The van der Waals surface area contributed by atoms with Crippen LogP contribution in [0.2, 0.25) is 0 Å². The Labute approximate surface area is 150 Å². The third kappa shape index (κ3) is 3.45. The summed E-state index contributed by atoms with van der Waals surface area (Å²) in [5.74, 6) is 1.17. The van der Waals surface area contributed by atoms with E-state index in [1.54, 1.807) is 18.2 Å². The fourth-order valence-electron chi connectivity index (χ4n) is 3.90. The number of allylic oxidation sites excluding steroid dienone is 2. The summed E-state index contributed by atoms with van der Waals surface area (Å²) in [6.07, 6.45) is 6.84. The highest BCUT2D eigenvalue weighted by atomic mass is 19.1. The van der Waals surface area contributed by atoms with Crippen molar-refractivity contribution in [3.63, 3.8) is 0 Å². The van der Waals surface area contributed by atoms with Gasteiger partial charge in [0.25, 0.3) is 5.56 Å². The normalized spacial score (nSPS) is 23.3. The number of hydrogen-bond acceptors (Lipinski definition) is 3. The maximum Gasteiger partial charge on any atom is 0.267 e. The SMILES string of the molecule is O=C(Cn1nc(-c2ccc(F)cc2)ccc1=O)NC[C@H]1C[C@@H]2C=C[C@H]1C2. The molecule has 6 heteroatoms. The first-order valence-corrected chi connectivity index (χ1v) is 8.87. The van der Waals surface area contributed by atoms with E-state index in [0.717, 1.165) is 11.1 Å². The molecule has 1 fully saturated rings. The molecule has 0 radical (unpaired) electrons. The first-order valence-electron chi connectivity index (χ1n) is 8.87. The highest BCUT2D eigenvalue weighted by molar-refractivity contribution is 5.75. The average Bonchev–Trinajstić information content (AvgIpc) is 3.26. The Bertz CT molecular complexity index is 904. The average molecular weight is 353 g/mol. The lowest BCUT2D eigenvalue weighted by Gasteiger charge is -2.18. The number of hydrogen-bond donors (Lipinski definition) is 1. The van der Waals surface area contributed by atoms with Crippen LogP contribution in [0.15, 0.2) is 53.3 Å². The van der Waals surface area contributed by atoms with Crippen LogP contribution in [0.5, 0.6) is 0 Å². The standard InChI is InChI=1S/C20H20FN3O2/c21-17-5-3-14(4-6-17)18-7-8-20(26)24(23-18)12-19(25)22-11-16-10-13-1-2-15(16)9-13/h1-8,13,15-16H,9-12H2,(H,22,25)/t13-,15+,16-/m1/s1. The Morgan fingerprint density at radius 2 is 1.96 bits per heavy atom. The van der Waals surface area contributed by atoms with Crippen LogP contribution in [-0.4, -0.2) is 22.2 Å². The van der Waals surface area contributed by atoms with E-state index in [2.05, 4.69) is 22.6 Å². The number of nitrogens with one attached hydrogen (secondary N) is 1. The summed E-state index contributed by atoms with van der Waals surface area (Å²) in [5, 5.41) is 7.17. The van der Waals surface area contributed by atoms with Crippen LogP contribution in [-0.2, 0) is 11.3 Å². The summed E-state index contributed by atoms with van der Waals surface area (Å²) in [4.78, 5) is 24.2. The van der Waals surface area contributed by atoms with Gasteiger partial charge in [0.15, 0.2) is 0 Å². The number of nitrogens with zero attached hydrogens (tertiary/aromatic N) is 2. The largest absolute Gasteiger partial charge is 0.354 e. The van der Waals surface area contributed by atoms with Crippen LogP contribution in [0, 0.1) is 23.6 Å². The predicted octanol–water partition coefficient (Wildman–Crippen LogP) is 2.38. The molecule has 0 unspecified atom stereocenters. The van der Waals surface area contributed by atoms with E-state index in [1.807, 2.05) is 0 Å². The van der Waals surface area contributed by atoms with E-state index in [4.69, 9.17) is 0 Å². The third-order valence-corrected chi connectivity index (χ3v) is 5.28.